The van der Waals surface area contributed by atoms with Gasteiger partial charge in [0.15, 0.2) is 0 Å². The summed E-state index contributed by atoms with van der Waals surface area (Å²) in [6.45, 7) is 4.25. The van der Waals surface area contributed by atoms with Crippen molar-refractivity contribution in [2.45, 2.75) is 39.7 Å². The first-order valence-electron chi connectivity index (χ1n) is 9.42. The van der Waals surface area contributed by atoms with Gasteiger partial charge in [-0.1, -0.05) is 26.0 Å². The molecule has 0 radical (unpaired) electrons. The first kappa shape index (κ1) is 19.8. The lowest BCUT2D eigenvalue weighted by Gasteiger charge is -2.19. The molecule has 0 fully saturated rings. The van der Waals surface area contributed by atoms with Gasteiger partial charge in [-0.15, -0.1) is 0 Å². The lowest BCUT2D eigenvalue weighted by Crippen LogP contribution is -2.39. The number of esters is 1. The quantitative estimate of drug-likeness (QED) is 0.741. The Morgan fingerprint density at radius 2 is 1.96 bits per heavy atom. The van der Waals surface area contributed by atoms with E-state index in [1.807, 2.05) is 0 Å². The third-order valence-corrected chi connectivity index (χ3v) is 5.09. The number of pyridine rings is 1. The van der Waals surface area contributed by atoms with Crippen molar-refractivity contribution < 1.29 is 9.53 Å². The first-order chi connectivity index (χ1) is 13.3. The van der Waals surface area contributed by atoms with E-state index >= 15 is 0 Å². The second kappa shape index (κ2) is 7.96. The van der Waals surface area contributed by atoms with E-state index in [9.17, 15) is 14.4 Å². The van der Waals surface area contributed by atoms with E-state index < -0.39 is 17.2 Å². The van der Waals surface area contributed by atoms with Crippen LogP contribution in [0.2, 0.25) is 0 Å². The molecule has 0 bridgehead atoms. The van der Waals surface area contributed by atoms with Crippen molar-refractivity contribution in [1.82, 2.24) is 14.1 Å². The minimum Gasteiger partial charge on any atom is -0.469 e. The summed E-state index contributed by atoms with van der Waals surface area (Å²) in [5, 5.41) is 0.409. The Labute approximate surface area is 163 Å². The topological polar surface area (TPSA) is 83.2 Å². The van der Waals surface area contributed by atoms with Gasteiger partial charge in [0, 0.05) is 13.6 Å². The second-order valence-electron chi connectivity index (χ2n) is 7.22. The summed E-state index contributed by atoms with van der Waals surface area (Å²) in [6.07, 6.45) is 7.84. The van der Waals surface area contributed by atoms with Crippen LogP contribution in [0.4, 0.5) is 0 Å². The molecular formula is C21H25N3O4. The summed E-state index contributed by atoms with van der Waals surface area (Å²) in [6, 6.07) is 1.75. The van der Waals surface area contributed by atoms with Crippen LogP contribution in [0.15, 0.2) is 39.6 Å². The molecule has 7 heteroatoms. The number of carbonyl (C=O) groups is 1. The number of rotatable bonds is 5. The number of carbonyl (C=O) groups excluding carboxylic acids is 1. The molecule has 148 valence electrons. The summed E-state index contributed by atoms with van der Waals surface area (Å²) >= 11 is 0. The molecule has 7 nitrogen and oxygen atoms in total. The number of nitrogens with zero attached hydrogens (tertiary/aromatic N) is 3. The van der Waals surface area contributed by atoms with Crippen LogP contribution in [-0.4, -0.2) is 27.2 Å². The molecule has 1 aliphatic rings. The van der Waals surface area contributed by atoms with Crippen molar-refractivity contribution in [3.8, 4) is 0 Å². The summed E-state index contributed by atoms with van der Waals surface area (Å²) in [5.41, 5.74) is 2.56. The van der Waals surface area contributed by atoms with Crippen LogP contribution < -0.4 is 11.2 Å². The Kier molecular flexibility index (Phi) is 5.63. The van der Waals surface area contributed by atoms with E-state index in [-0.39, 0.29) is 13.0 Å². The molecule has 0 N–H and O–H groups in total. The molecule has 0 atom stereocenters. The van der Waals surface area contributed by atoms with Crippen LogP contribution in [0.25, 0.3) is 16.5 Å². The molecule has 3 rings (SSSR count). The van der Waals surface area contributed by atoms with E-state index in [2.05, 4.69) is 35.7 Å². The molecule has 1 aliphatic carbocycles. The van der Waals surface area contributed by atoms with Gasteiger partial charge in [0.1, 0.15) is 0 Å². The Bertz CT molecular complexity index is 1100. The Morgan fingerprint density at radius 1 is 1.25 bits per heavy atom. The van der Waals surface area contributed by atoms with Crippen molar-refractivity contribution in [2.75, 3.05) is 7.11 Å². The number of allylic oxidation sites excluding steroid dienone is 4. The number of hydrogen-bond donors (Lipinski definition) is 0. The zero-order valence-electron chi connectivity index (χ0n) is 16.7. The van der Waals surface area contributed by atoms with E-state index in [0.717, 1.165) is 28.7 Å². The van der Waals surface area contributed by atoms with Crippen LogP contribution in [0.1, 0.15) is 38.8 Å². The minimum absolute atomic E-state index is 0.0222. The highest BCUT2D eigenvalue weighted by Crippen LogP contribution is 2.32. The van der Waals surface area contributed by atoms with Gasteiger partial charge in [-0.2, -0.15) is 0 Å². The van der Waals surface area contributed by atoms with Gasteiger partial charge in [-0.25, -0.2) is 4.79 Å². The first-order valence-corrected chi connectivity index (χ1v) is 9.42. The second-order valence-corrected chi connectivity index (χ2v) is 7.22. The number of fused-ring (bicyclic) bond motifs is 1. The zero-order chi connectivity index (χ0) is 20.4. The minimum atomic E-state index is -0.476. The summed E-state index contributed by atoms with van der Waals surface area (Å²) in [5.74, 6) is -0.121. The average Bonchev–Trinajstić information content (AvgIpc) is 2.71. The third kappa shape index (κ3) is 3.56. The van der Waals surface area contributed by atoms with Crippen molar-refractivity contribution in [2.24, 2.45) is 13.0 Å². The van der Waals surface area contributed by atoms with Crippen LogP contribution in [-0.2, 0) is 23.1 Å². The van der Waals surface area contributed by atoms with Gasteiger partial charge in [0.25, 0.3) is 5.56 Å². The maximum Gasteiger partial charge on any atom is 0.331 e. The smallest absolute Gasteiger partial charge is 0.331 e. The number of aromatic nitrogens is 3. The highest BCUT2D eigenvalue weighted by Gasteiger charge is 2.18. The molecular weight excluding hydrogens is 358 g/mol. The van der Waals surface area contributed by atoms with E-state index in [0.29, 0.717) is 16.8 Å². The van der Waals surface area contributed by atoms with Gasteiger partial charge in [0.2, 0.25) is 0 Å². The number of hydrogen-bond acceptors (Lipinski definition) is 5. The third-order valence-electron chi connectivity index (χ3n) is 5.09. The molecule has 0 aliphatic heterocycles. The maximum atomic E-state index is 13.0. The van der Waals surface area contributed by atoms with Crippen LogP contribution in [0.5, 0.6) is 0 Å². The van der Waals surface area contributed by atoms with Gasteiger partial charge in [-0.3, -0.25) is 23.7 Å². The Hall–Kier alpha value is -2.96. The van der Waals surface area contributed by atoms with Crippen LogP contribution in [0.3, 0.4) is 0 Å². The average molecular weight is 383 g/mol. The fraction of sp³-hybridized carbons (Fsp3) is 0.429. The summed E-state index contributed by atoms with van der Waals surface area (Å²) in [4.78, 5) is 41.5. The molecule has 28 heavy (non-hydrogen) atoms. The maximum absolute atomic E-state index is 13.0. The predicted octanol–water partition coefficient (Wildman–Crippen LogP) is 2.42. The summed E-state index contributed by atoms with van der Waals surface area (Å²) < 4.78 is 7.08. The zero-order valence-corrected chi connectivity index (χ0v) is 16.7. The van der Waals surface area contributed by atoms with Gasteiger partial charge >= 0.3 is 11.7 Å². The lowest BCUT2D eigenvalue weighted by atomic mass is 9.87. The predicted molar refractivity (Wildman–Crippen MR) is 108 cm³/mol. The van der Waals surface area contributed by atoms with Crippen LogP contribution >= 0.6 is 0 Å². The van der Waals surface area contributed by atoms with E-state index in [1.165, 1.54) is 17.3 Å². The normalized spacial score (nSPS) is 14.2. The summed E-state index contributed by atoms with van der Waals surface area (Å²) in [7, 11) is 2.87. The number of methoxy groups -OCH3 is 1. The van der Waals surface area contributed by atoms with E-state index in [4.69, 9.17) is 0 Å². The Morgan fingerprint density at radius 3 is 2.64 bits per heavy atom. The SMILES string of the molecule is COC(=O)CCn1c(=O)c2cc(C3=CCCC=C3C(C)C)ncc2n(C)c1=O. The monoisotopic (exact) mass is 383 g/mol. The highest BCUT2D eigenvalue weighted by atomic mass is 16.5. The number of aryl methyl sites for hydroxylation is 1. The fourth-order valence-electron chi connectivity index (χ4n) is 3.55. The lowest BCUT2D eigenvalue weighted by molar-refractivity contribution is -0.140. The molecule has 2 aromatic rings. The standard InChI is InChI=1S/C21H25N3O4/c1-13(2)14-7-5-6-8-15(14)17-11-16-18(12-22-17)23(3)21(27)24(20(16)26)10-9-19(25)28-4/h7-8,11-13H,5-6,9-10H2,1-4H3. The largest absolute Gasteiger partial charge is 0.469 e. The van der Waals surface area contributed by atoms with Gasteiger partial charge in [-0.05, 0) is 36.0 Å². The van der Waals surface area contributed by atoms with Gasteiger partial charge < -0.3 is 4.74 Å². The van der Waals surface area contributed by atoms with Crippen molar-refractivity contribution >= 4 is 22.4 Å². The Balaban J connectivity index is 2.14. The molecule has 2 aromatic heterocycles. The molecule has 0 amide bonds. The molecule has 0 spiro atoms. The number of ether oxygens (including phenoxy) is 1. The molecule has 0 saturated heterocycles. The molecule has 0 unspecified atom stereocenters. The van der Waals surface area contributed by atoms with Crippen molar-refractivity contribution in [3.63, 3.8) is 0 Å². The molecule has 0 saturated carbocycles. The molecule has 0 aromatic carbocycles. The molecule has 2 heterocycles. The van der Waals surface area contributed by atoms with E-state index in [1.54, 1.807) is 19.3 Å². The van der Waals surface area contributed by atoms with Crippen molar-refractivity contribution in [1.29, 1.82) is 0 Å². The van der Waals surface area contributed by atoms with Crippen LogP contribution in [0, 0.1) is 5.92 Å². The highest BCUT2D eigenvalue weighted by molar-refractivity contribution is 5.85. The van der Waals surface area contributed by atoms with Gasteiger partial charge in [0.05, 0.1) is 36.3 Å². The van der Waals surface area contributed by atoms with Crippen molar-refractivity contribution in [3.05, 3.63) is 56.5 Å². The fourth-order valence-corrected chi connectivity index (χ4v) is 3.55.